The molecule has 0 amide bonds. The number of nitrogens with one attached hydrogen (secondary N) is 1. The van der Waals surface area contributed by atoms with Crippen LogP contribution in [0.3, 0.4) is 0 Å². The predicted molar refractivity (Wildman–Crippen MR) is 128 cm³/mol. The van der Waals surface area contributed by atoms with E-state index >= 15 is 0 Å². The van der Waals surface area contributed by atoms with Crippen molar-refractivity contribution in [1.29, 1.82) is 0 Å². The third-order valence-electron chi connectivity index (χ3n) is 6.47. The van der Waals surface area contributed by atoms with Gasteiger partial charge in [0.2, 0.25) is 0 Å². The van der Waals surface area contributed by atoms with Crippen molar-refractivity contribution in [2.45, 2.75) is 31.5 Å². The van der Waals surface area contributed by atoms with E-state index in [9.17, 15) is 22.7 Å². The fraction of sp³-hybridized carbons (Fsp3) is 0.231. The first-order chi connectivity index (χ1) is 17.7. The maximum Gasteiger partial charge on any atom is 0.418 e. The topological polar surface area (TPSA) is 92.5 Å². The van der Waals surface area contributed by atoms with Crippen LogP contribution >= 0.6 is 0 Å². The first-order valence-electron chi connectivity index (χ1n) is 11.6. The Morgan fingerprint density at radius 1 is 1.05 bits per heavy atom. The normalized spacial score (nSPS) is 14.0. The highest BCUT2D eigenvalue weighted by Gasteiger charge is 2.34. The standard InChI is InChI=1S/C26H20F4N6O/c1-36-12-31-35-25(36)18-10-16(27)4-5-17(18)15-8-20(14-2-3-14)32-22(9-15)24-33-21-7-13(11-37)6-19(23(21)34-24)26(28,29)30/h4-10,12,14,37H,2-3,11H2,1H3,(H,33,34). The minimum Gasteiger partial charge on any atom is -0.392 e. The molecule has 6 rings (SSSR count). The molecule has 0 bridgehead atoms. The van der Waals surface area contributed by atoms with Gasteiger partial charge in [-0.1, -0.05) is 6.07 Å². The number of halogens is 4. The van der Waals surface area contributed by atoms with Crippen molar-refractivity contribution in [2.75, 3.05) is 0 Å². The number of aryl methyl sites for hydroxylation is 1. The molecule has 1 fully saturated rings. The Morgan fingerprint density at radius 2 is 1.86 bits per heavy atom. The monoisotopic (exact) mass is 508 g/mol. The van der Waals surface area contributed by atoms with E-state index in [4.69, 9.17) is 4.98 Å². The molecule has 1 aliphatic rings. The van der Waals surface area contributed by atoms with Gasteiger partial charge in [0.15, 0.2) is 11.6 Å². The molecule has 0 unspecified atom stereocenters. The van der Waals surface area contributed by atoms with E-state index in [1.54, 1.807) is 23.7 Å². The third kappa shape index (κ3) is 4.25. The summed E-state index contributed by atoms with van der Waals surface area (Å²) in [6.45, 7) is -0.545. The Bertz CT molecular complexity index is 1650. The highest BCUT2D eigenvalue weighted by molar-refractivity contribution is 5.85. The Hall–Kier alpha value is -4.12. The van der Waals surface area contributed by atoms with Gasteiger partial charge in [-0.3, -0.25) is 0 Å². The molecule has 0 spiro atoms. The number of hydrogen-bond donors (Lipinski definition) is 2. The second kappa shape index (κ2) is 8.48. The Balaban J connectivity index is 1.55. The number of benzene rings is 2. The molecule has 0 aliphatic heterocycles. The Morgan fingerprint density at radius 3 is 2.54 bits per heavy atom. The molecule has 1 saturated carbocycles. The number of fused-ring (bicyclic) bond motifs is 1. The van der Waals surface area contributed by atoms with E-state index in [0.717, 1.165) is 24.6 Å². The van der Waals surface area contributed by atoms with Crippen molar-refractivity contribution in [1.82, 2.24) is 29.7 Å². The van der Waals surface area contributed by atoms with Crippen molar-refractivity contribution < 1.29 is 22.7 Å². The molecule has 2 N–H and O–H groups in total. The van der Waals surface area contributed by atoms with Gasteiger partial charge in [-0.2, -0.15) is 13.2 Å². The summed E-state index contributed by atoms with van der Waals surface area (Å²) in [7, 11) is 1.75. The van der Waals surface area contributed by atoms with E-state index in [1.807, 2.05) is 6.07 Å². The molecule has 37 heavy (non-hydrogen) atoms. The molecule has 5 aromatic rings. The van der Waals surface area contributed by atoms with Crippen LogP contribution in [0.5, 0.6) is 0 Å². The number of aromatic amines is 1. The molecule has 0 saturated heterocycles. The van der Waals surface area contributed by atoms with E-state index in [1.165, 1.54) is 24.5 Å². The van der Waals surface area contributed by atoms with Crippen LogP contribution in [0.1, 0.15) is 35.6 Å². The molecular formula is C26H20F4N6O. The summed E-state index contributed by atoms with van der Waals surface area (Å²) in [6, 6.07) is 10.3. The number of pyridine rings is 1. The molecule has 3 aromatic heterocycles. The first kappa shape index (κ1) is 23.3. The van der Waals surface area contributed by atoms with Gasteiger partial charge in [0.1, 0.15) is 17.8 Å². The molecule has 3 heterocycles. The largest absolute Gasteiger partial charge is 0.418 e. The number of aliphatic hydroxyl groups excluding tert-OH is 1. The number of H-pyrrole nitrogens is 1. The molecule has 0 radical (unpaired) electrons. The van der Waals surface area contributed by atoms with E-state index in [-0.39, 0.29) is 28.3 Å². The number of nitrogens with zero attached hydrogens (tertiary/aromatic N) is 5. The summed E-state index contributed by atoms with van der Waals surface area (Å²) in [5, 5.41) is 17.5. The molecule has 2 aromatic carbocycles. The van der Waals surface area contributed by atoms with Gasteiger partial charge < -0.3 is 14.7 Å². The lowest BCUT2D eigenvalue weighted by molar-refractivity contribution is -0.136. The maximum absolute atomic E-state index is 14.3. The van der Waals surface area contributed by atoms with E-state index in [0.29, 0.717) is 28.2 Å². The fourth-order valence-electron chi connectivity index (χ4n) is 4.50. The summed E-state index contributed by atoms with van der Waals surface area (Å²) in [5.74, 6) is 0.432. The van der Waals surface area contributed by atoms with Crippen LogP contribution in [0.4, 0.5) is 17.6 Å². The lowest BCUT2D eigenvalue weighted by atomic mass is 9.97. The zero-order chi connectivity index (χ0) is 25.9. The summed E-state index contributed by atoms with van der Waals surface area (Å²) < 4.78 is 57.2. The number of aliphatic hydroxyl groups is 1. The van der Waals surface area contributed by atoms with Gasteiger partial charge >= 0.3 is 6.18 Å². The lowest BCUT2D eigenvalue weighted by Gasteiger charge is -2.12. The van der Waals surface area contributed by atoms with E-state index in [2.05, 4.69) is 20.2 Å². The first-order valence-corrected chi connectivity index (χ1v) is 11.6. The maximum atomic E-state index is 14.3. The van der Waals surface area contributed by atoms with Crippen LogP contribution in [0.2, 0.25) is 0 Å². The predicted octanol–water partition coefficient (Wildman–Crippen LogP) is 5.62. The van der Waals surface area contributed by atoms with Crippen molar-refractivity contribution in [3.05, 3.63) is 71.4 Å². The fourth-order valence-corrected chi connectivity index (χ4v) is 4.50. The van der Waals surface area contributed by atoms with E-state index < -0.39 is 24.2 Å². The quantitative estimate of drug-likeness (QED) is 0.301. The van der Waals surface area contributed by atoms with Gasteiger partial charge in [-0.25, -0.2) is 14.4 Å². The van der Waals surface area contributed by atoms with Crippen LogP contribution in [-0.2, 0) is 19.8 Å². The number of hydrogen-bond acceptors (Lipinski definition) is 5. The number of aromatic nitrogens is 6. The van der Waals surface area contributed by atoms with Crippen molar-refractivity contribution >= 4 is 11.0 Å². The Kier molecular flexibility index (Phi) is 5.34. The smallest absolute Gasteiger partial charge is 0.392 e. The zero-order valence-corrected chi connectivity index (χ0v) is 19.5. The molecular weight excluding hydrogens is 488 g/mol. The molecule has 188 valence electrons. The second-order valence-corrected chi connectivity index (χ2v) is 9.17. The highest BCUT2D eigenvalue weighted by atomic mass is 19.4. The van der Waals surface area contributed by atoms with Crippen LogP contribution in [0, 0.1) is 5.82 Å². The van der Waals surface area contributed by atoms with Gasteiger partial charge in [0.05, 0.1) is 23.2 Å². The molecule has 7 nitrogen and oxygen atoms in total. The zero-order valence-electron chi connectivity index (χ0n) is 19.5. The van der Waals surface area contributed by atoms with Crippen molar-refractivity contribution in [3.63, 3.8) is 0 Å². The van der Waals surface area contributed by atoms with Crippen LogP contribution in [0.25, 0.3) is 45.1 Å². The average Bonchev–Trinajstić information content (AvgIpc) is 3.49. The van der Waals surface area contributed by atoms with Gasteiger partial charge in [0.25, 0.3) is 0 Å². The third-order valence-corrected chi connectivity index (χ3v) is 6.47. The minimum absolute atomic E-state index is 0.0793. The average molecular weight is 508 g/mol. The molecule has 1 aliphatic carbocycles. The van der Waals surface area contributed by atoms with Crippen molar-refractivity contribution in [2.24, 2.45) is 7.05 Å². The number of imidazole rings is 1. The SMILES string of the molecule is Cn1cnnc1-c1cc(F)ccc1-c1cc(-c2nc3cc(CO)cc(C(F)(F)F)c3[nH]2)nc(C2CC2)c1. The number of rotatable bonds is 5. The van der Waals surface area contributed by atoms with Gasteiger partial charge in [0, 0.05) is 24.2 Å². The molecule has 0 atom stereocenters. The van der Waals surface area contributed by atoms with Crippen molar-refractivity contribution in [3.8, 4) is 34.0 Å². The summed E-state index contributed by atoms with van der Waals surface area (Å²) >= 11 is 0. The Labute approximate surface area is 207 Å². The summed E-state index contributed by atoms with van der Waals surface area (Å²) in [5.41, 5.74) is 2.16. The van der Waals surface area contributed by atoms with Gasteiger partial charge in [-0.05, 0) is 65.9 Å². The molecule has 11 heteroatoms. The summed E-state index contributed by atoms with van der Waals surface area (Å²) in [4.78, 5) is 11.9. The second-order valence-electron chi connectivity index (χ2n) is 9.17. The minimum atomic E-state index is -4.64. The van der Waals surface area contributed by atoms with Crippen LogP contribution in [0.15, 0.2) is 48.8 Å². The highest BCUT2D eigenvalue weighted by Crippen LogP contribution is 2.43. The van der Waals surface area contributed by atoms with Crippen LogP contribution < -0.4 is 0 Å². The number of alkyl halides is 3. The van der Waals surface area contributed by atoms with Gasteiger partial charge in [-0.15, -0.1) is 10.2 Å². The summed E-state index contributed by atoms with van der Waals surface area (Å²) in [6.07, 6.45) is -1.22. The van der Waals surface area contributed by atoms with Crippen LogP contribution in [-0.4, -0.2) is 34.8 Å². The lowest BCUT2D eigenvalue weighted by Crippen LogP contribution is -2.07.